The first-order valence-corrected chi connectivity index (χ1v) is 3.51. The first-order valence-electron chi connectivity index (χ1n) is 3.51. The van der Waals surface area contributed by atoms with Gasteiger partial charge in [0.1, 0.15) is 0 Å². The number of halogens is 1. The molecule has 2 bridgehead atoms. The minimum atomic E-state index is 0. The van der Waals surface area contributed by atoms with Crippen molar-refractivity contribution in [2.24, 2.45) is 0 Å². The molecule has 3 aliphatic rings. The molecule has 0 atom stereocenters. The van der Waals surface area contributed by atoms with Crippen molar-refractivity contribution in [3.8, 4) is 0 Å². The maximum atomic E-state index is 5.55. The first kappa shape index (κ1) is 8.31. The van der Waals surface area contributed by atoms with Crippen LogP contribution in [0.1, 0.15) is 19.8 Å². The predicted octanol–water partition coefficient (Wildman–Crippen LogP) is 0.949. The van der Waals surface area contributed by atoms with Crippen molar-refractivity contribution in [1.82, 2.24) is 5.32 Å². The van der Waals surface area contributed by atoms with Crippen LogP contribution in [0.2, 0.25) is 0 Å². The van der Waals surface area contributed by atoms with Crippen molar-refractivity contribution >= 4 is 12.4 Å². The molecule has 0 aromatic carbocycles. The van der Waals surface area contributed by atoms with Gasteiger partial charge in [0.15, 0.2) is 0 Å². The lowest BCUT2D eigenvalue weighted by Crippen LogP contribution is -2.55. The van der Waals surface area contributed by atoms with E-state index in [-0.39, 0.29) is 18.0 Å². The number of ether oxygens (including phenoxy) is 1. The van der Waals surface area contributed by atoms with Crippen molar-refractivity contribution in [3.05, 3.63) is 0 Å². The highest BCUT2D eigenvalue weighted by molar-refractivity contribution is 5.85. The zero-order valence-electron chi connectivity index (χ0n) is 6.44. The molecule has 1 saturated carbocycles. The molecular formula is C7H14ClNO. The summed E-state index contributed by atoms with van der Waals surface area (Å²) in [6.07, 6.45) is 2.41. The smallest absolute Gasteiger partial charge is 0.0692 e. The molecule has 2 nitrogen and oxygen atoms in total. The molecule has 2 aliphatic heterocycles. The Morgan fingerprint density at radius 1 is 1.40 bits per heavy atom. The van der Waals surface area contributed by atoms with E-state index in [0.717, 1.165) is 6.61 Å². The van der Waals surface area contributed by atoms with Crippen molar-refractivity contribution in [1.29, 1.82) is 0 Å². The standard InChI is InChI=1S/C7H13NO.ClH/c1-6-3-7(4-6,8-2)5-9-6;/h8H,3-5H2,1-2H3;1H. The normalized spacial score (nSPS) is 49.8. The molecule has 0 radical (unpaired) electrons. The number of hydrogen-bond donors (Lipinski definition) is 1. The van der Waals surface area contributed by atoms with Crippen molar-refractivity contribution in [2.45, 2.75) is 30.9 Å². The van der Waals surface area contributed by atoms with Crippen LogP contribution < -0.4 is 5.32 Å². The summed E-state index contributed by atoms with van der Waals surface area (Å²) >= 11 is 0. The zero-order valence-corrected chi connectivity index (χ0v) is 7.25. The van der Waals surface area contributed by atoms with Gasteiger partial charge in [0.05, 0.1) is 12.2 Å². The maximum Gasteiger partial charge on any atom is 0.0692 e. The largest absolute Gasteiger partial charge is 0.373 e. The van der Waals surface area contributed by atoms with E-state index in [4.69, 9.17) is 4.74 Å². The second kappa shape index (κ2) is 2.10. The van der Waals surface area contributed by atoms with Crippen LogP contribution in [0, 0.1) is 0 Å². The molecule has 3 rings (SSSR count). The summed E-state index contributed by atoms with van der Waals surface area (Å²) in [5.74, 6) is 0. The zero-order chi connectivity index (χ0) is 6.54. The molecule has 0 aromatic rings. The number of nitrogens with one attached hydrogen (secondary N) is 1. The summed E-state index contributed by atoms with van der Waals surface area (Å²) in [5, 5.41) is 3.31. The minimum absolute atomic E-state index is 0. The summed E-state index contributed by atoms with van der Waals surface area (Å²) < 4.78 is 5.55. The van der Waals surface area contributed by atoms with Crippen LogP contribution in [0.15, 0.2) is 0 Å². The van der Waals surface area contributed by atoms with Crippen LogP contribution in [0.3, 0.4) is 0 Å². The van der Waals surface area contributed by atoms with E-state index >= 15 is 0 Å². The van der Waals surface area contributed by atoms with E-state index in [2.05, 4.69) is 12.2 Å². The fraction of sp³-hybridized carbons (Fsp3) is 1.00. The molecule has 3 fully saturated rings. The monoisotopic (exact) mass is 163 g/mol. The Morgan fingerprint density at radius 2 is 2.00 bits per heavy atom. The topological polar surface area (TPSA) is 21.3 Å². The van der Waals surface area contributed by atoms with E-state index < -0.39 is 0 Å². The molecule has 60 valence electrons. The summed E-state index contributed by atoms with van der Waals surface area (Å²) in [5.41, 5.74) is 0.609. The van der Waals surface area contributed by atoms with E-state index in [1.165, 1.54) is 12.8 Å². The number of rotatable bonds is 1. The molecular weight excluding hydrogens is 150 g/mol. The van der Waals surface area contributed by atoms with Crippen molar-refractivity contribution in [3.63, 3.8) is 0 Å². The van der Waals surface area contributed by atoms with E-state index in [0.29, 0.717) is 5.54 Å². The predicted molar refractivity (Wildman–Crippen MR) is 42.6 cm³/mol. The summed E-state index contributed by atoms with van der Waals surface area (Å²) in [7, 11) is 2.02. The van der Waals surface area contributed by atoms with Crippen LogP contribution in [-0.4, -0.2) is 24.8 Å². The second-order valence-electron chi connectivity index (χ2n) is 3.62. The van der Waals surface area contributed by atoms with Gasteiger partial charge in [-0.2, -0.15) is 0 Å². The van der Waals surface area contributed by atoms with Crippen LogP contribution in [0.5, 0.6) is 0 Å². The highest BCUT2D eigenvalue weighted by atomic mass is 35.5. The Balaban J connectivity index is 0.000000500. The Morgan fingerprint density at radius 3 is 2.20 bits per heavy atom. The Labute approximate surface area is 67.7 Å². The van der Waals surface area contributed by atoms with Gasteiger partial charge in [-0.3, -0.25) is 0 Å². The fourth-order valence-corrected chi connectivity index (χ4v) is 2.15. The lowest BCUT2D eigenvalue weighted by molar-refractivity contribution is 0.0133. The van der Waals surface area contributed by atoms with Crippen LogP contribution in [-0.2, 0) is 4.74 Å². The van der Waals surface area contributed by atoms with Gasteiger partial charge in [0.2, 0.25) is 0 Å². The molecule has 10 heavy (non-hydrogen) atoms. The number of fused-ring (bicyclic) bond motifs is 1. The van der Waals surface area contributed by atoms with Gasteiger partial charge in [-0.1, -0.05) is 0 Å². The van der Waals surface area contributed by atoms with Gasteiger partial charge in [-0.05, 0) is 26.8 Å². The maximum absolute atomic E-state index is 5.55. The van der Waals surface area contributed by atoms with E-state index in [9.17, 15) is 0 Å². The molecule has 0 unspecified atom stereocenters. The Hall–Kier alpha value is 0.210. The van der Waals surface area contributed by atoms with Gasteiger partial charge in [0, 0.05) is 5.54 Å². The van der Waals surface area contributed by atoms with Crippen molar-refractivity contribution in [2.75, 3.05) is 13.7 Å². The Bertz CT molecular complexity index is 143. The highest BCUT2D eigenvalue weighted by Gasteiger charge is 2.58. The third-order valence-corrected chi connectivity index (χ3v) is 2.65. The number of hydrogen-bond acceptors (Lipinski definition) is 2. The molecule has 0 aromatic heterocycles. The Kier molecular flexibility index (Phi) is 1.74. The molecule has 1 N–H and O–H groups in total. The fourth-order valence-electron chi connectivity index (χ4n) is 2.15. The van der Waals surface area contributed by atoms with Crippen molar-refractivity contribution < 1.29 is 4.74 Å². The summed E-state index contributed by atoms with van der Waals surface area (Å²) in [4.78, 5) is 0. The van der Waals surface area contributed by atoms with E-state index in [1.54, 1.807) is 0 Å². The van der Waals surface area contributed by atoms with E-state index in [1.807, 2.05) is 7.05 Å². The van der Waals surface area contributed by atoms with Gasteiger partial charge in [-0.15, -0.1) is 12.4 Å². The average molecular weight is 164 g/mol. The highest BCUT2D eigenvalue weighted by Crippen LogP contribution is 2.50. The van der Waals surface area contributed by atoms with Gasteiger partial charge >= 0.3 is 0 Å². The van der Waals surface area contributed by atoms with Crippen LogP contribution in [0.4, 0.5) is 0 Å². The molecule has 1 aliphatic carbocycles. The lowest BCUT2D eigenvalue weighted by Gasteiger charge is -2.42. The summed E-state index contributed by atoms with van der Waals surface area (Å²) in [6, 6.07) is 0. The molecule has 0 spiro atoms. The quantitative estimate of drug-likeness (QED) is 0.622. The number of likely N-dealkylation sites (N-methyl/N-ethyl adjacent to an activating group) is 1. The SMILES string of the molecule is CNC12COC(C)(C1)C2.Cl. The molecule has 0 amide bonds. The summed E-state index contributed by atoms with van der Waals surface area (Å²) in [6.45, 7) is 3.11. The average Bonchev–Trinajstić information content (AvgIpc) is 2.20. The minimum Gasteiger partial charge on any atom is -0.373 e. The molecule has 2 heterocycles. The molecule has 2 saturated heterocycles. The van der Waals surface area contributed by atoms with Crippen LogP contribution >= 0.6 is 12.4 Å². The lowest BCUT2D eigenvalue weighted by atomic mass is 9.70. The first-order chi connectivity index (χ1) is 4.18. The molecule has 3 heteroatoms. The van der Waals surface area contributed by atoms with Gasteiger partial charge in [-0.25, -0.2) is 0 Å². The second-order valence-corrected chi connectivity index (χ2v) is 3.62. The van der Waals surface area contributed by atoms with Crippen LogP contribution in [0.25, 0.3) is 0 Å². The van der Waals surface area contributed by atoms with Gasteiger partial charge in [0.25, 0.3) is 0 Å². The third-order valence-electron chi connectivity index (χ3n) is 2.65. The third kappa shape index (κ3) is 0.865. The van der Waals surface area contributed by atoms with Gasteiger partial charge < -0.3 is 10.1 Å².